The Hall–Kier alpha value is -0.810. The molecular weight excluding hydrogens is 316 g/mol. The second kappa shape index (κ2) is 7.70. The Kier molecular flexibility index (Phi) is 6.58. The summed E-state index contributed by atoms with van der Waals surface area (Å²) in [4.78, 5) is 11.8. The van der Waals surface area contributed by atoms with Gasteiger partial charge in [0.25, 0.3) is 0 Å². The zero-order valence-electron chi connectivity index (χ0n) is 10.9. The molecule has 0 spiro atoms. The first-order valence-electron chi connectivity index (χ1n) is 6.29. The van der Waals surface area contributed by atoms with Crippen LogP contribution in [0.15, 0.2) is 16.6 Å². The maximum Gasteiger partial charge on any atom is 0.143 e. The van der Waals surface area contributed by atoms with Crippen LogP contribution in [0, 0.1) is 17.6 Å². The molecule has 0 heterocycles. The Morgan fingerprint density at radius 1 is 1.37 bits per heavy atom. The lowest BCUT2D eigenvalue weighted by atomic mass is 9.97. The van der Waals surface area contributed by atoms with Crippen LogP contribution in [-0.2, 0) is 11.2 Å². The number of rotatable bonds is 7. The number of nitrogens with two attached hydrogens (primary N) is 1. The molecule has 0 bridgehead atoms. The van der Waals surface area contributed by atoms with Crippen molar-refractivity contribution in [2.45, 2.75) is 32.6 Å². The summed E-state index contributed by atoms with van der Waals surface area (Å²) >= 11 is 2.99. The maximum absolute atomic E-state index is 13.7. The first kappa shape index (κ1) is 16.2. The normalized spacial score (nSPS) is 12.5. The SMILES string of the molecule is CC(CCN)CCC(=O)Cc1c(F)ccc(Br)c1F. The maximum atomic E-state index is 13.7. The minimum atomic E-state index is -0.691. The van der Waals surface area contributed by atoms with Gasteiger partial charge < -0.3 is 5.73 Å². The zero-order chi connectivity index (χ0) is 14.4. The van der Waals surface area contributed by atoms with Crippen LogP contribution in [0.5, 0.6) is 0 Å². The lowest BCUT2D eigenvalue weighted by molar-refractivity contribution is -0.118. The number of hydrogen-bond acceptors (Lipinski definition) is 2. The van der Waals surface area contributed by atoms with E-state index in [4.69, 9.17) is 5.73 Å². The van der Waals surface area contributed by atoms with E-state index in [0.717, 1.165) is 12.5 Å². The van der Waals surface area contributed by atoms with E-state index >= 15 is 0 Å². The highest BCUT2D eigenvalue weighted by Crippen LogP contribution is 2.23. The number of halogens is 3. The average molecular weight is 334 g/mol. The van der Waals surface area contributed by atoms with Gasteiger partial charge in [-0.2, -0.15) is 0 Å². The summed E-state index contributed by atoms with van der Waals surface area (Å²) in [5, 5.41) is 0. The highest BCUT2D eigenvalue weighted by Gasteiger charge is 2.16. The number of carbonyl (C=O) groups excluding carboxylic acids is 1. The van der Waals surface area contributed by atoms with E-state index in [9.17, 15) is 13.6 Å². The van der Waals surface area contributed by atoms with E-state index in [1.54, 1.807) is 0 Å². The molecule has 0 saturated heterocycles. The number of benzene rings is 1. The smallest absolute Gasteiger partial charge is 0.143 e. The molecule has 0 aliphatic heterocycles. The summed E-state index contributed by atoms with van der Waals surface area (Å²) in [7, 11) is 0. The summed E-state index contributed by atoms with van der Waals surface area (Å²) in [5.74, 6) is -1.17. The predicted molar refractivity (Wildman–Crippen MR) is 74.8 cm³/mol. The van der Waals surface area contributed by atoms with Gasteiger partial charge in [0.15, 0.2) is 0 Å². The molecular formula is C14H18BrF2NO. The quantitative estimate of drug-likeness (QED) is 0.774. The second-order valence-electron chi connectivity index (χ2n) is 4.76. The molecule has 1 rings (SSSR count). The third kappa shape index (κ3) is 4.99. The Labute approximate surface area is 120 Å². The number of hydrogen-bond donors (Lipinski definition) is 1. The fourth-order valence-electron chi connectivity index (χ4n) is 1.85. The lowest BCUT2D eigenvalue weighted by Gasteiger charge is -2.10. The van der Waals surface area contributed by atoms with Gasteiger partial charge in [-0.3, -0.25) is 4.79 Å². The van der Waals surface area contributed by atoms with Crippen LogP contribution in [0.1, 0.15) is 31.7 Å². The molecule has 0 aliphatic carbocycles. The van der Waals surface area contributed by atoms with Crippen LogP contribution in [0.2, 0.25) is 0 Å². The minimum Gasteiger partial charge on any atom is -0.330 e. The second-order valence-corrected chi connectivity index (χ2v) is 5.61. The summed E-state index contributed by atoms with van der Waals surface area (Å²) in [6.07, 6.45) is 1.68. The van der Waals surface area contributed by atoms with Gasteiger partial charge in [-0.05, 0) is 53.4 Å². The van der Waals surface area contributed by atoms with Crippen LogP contribution in [0.4, 0.5) is 8.78 Å². The molecule has 106 valence electrons. The van der Waals surface area contributed by atoms with Gasteiger partial charge in [0.1, 0.15) is 17.4 Å². The number of ketones is 1. The van der Waals surface area contributed by atoms with E-state index < -0.39 is 11.6 Å². The van der Waals surface area contributed by atoms with E-state index in [0.29, 0.717) is 25.3 Å². The average Bonchev–Trinajstić information content (AvgIpc) is 2.37. The van der Waals surface area contributed by atoms with Crippen molar-refractivity contribution in [1.82, 2.24) is 0 Å². The van der Waals surface area contributed by atoms with Crippen molar-refractivity contribution in [3.63, 3.8) is 0 Å². The summed E-state index contributed by atoms with van der Waals surface area (Å²) < 4.78 is 27.3. The van der Waals surface area contributed by atoms with Gasteiger partial charge in [0, 0.05) is 18.4 Å². The van der Waals surface area contributed by atoms with E-state index in [2.05, 4.69) is 15.9 Å². The van der Waals surface area contributed by atoms with E-state index in [-0.39, 0.29) is 22.2 Å². The Morgan fingerprint density at radius 3 is 2.68 bits per heavy atom. The molecule has 0 fully saturated rings. The van der Waals surface area contributed by atoms with Crippen LogP contribution in [0.25, 0.3) is 0 Å². The molecule has 0 aliphatic rings. The highest BCUT2D eigenvalue weighted by molar-refractivity contribution is 9.10. The summed E-state index contributed by atoms with van der Waals surface area (Å²) in [6, 6.07) is 2.45. The van der Waals surface area contributed by atoms with Crippen molar-refractivity contribution < 1.29 is 13.6 Å². The highest BCUT2D eigenvalue weighted by atomic mass is 79.9. The minimum absolute atomic E-state index is 0.153. The van der Waals surface area contributed by atoms with Crippen LogP contribution < -0.4 is 5.73 Å². The first-order valence-corrected chi connectivity index (χ1v) is 7.09. The Bertz CT molecular complexity index is 451. The molecule has 1 unspecified atom stereocenters. The number of Topliss-reactive ketones (excluding diaryl/α,β-unsaturated/α-hetero) is 1. The molecule has 19 heavy (non-hydrogen) atoms. The van der Waals surface area contributed by atoms with Crippen molar-refractivity contribution >= 4 is 21.7 Å². The van der Waals surface area contributed by atoms with Gasteiger partial charge in [0.05, 0.1) is 4.47 Å². The molecule has 1 aromatic rings. The van der Waals surface area contributed by atoms with Crippen molar-refractivity contribution in [2.75, 3.05) is 6.54 Å². The zero-order valence-corrected chi connectivity index (χ0v) is 12.5. The lowest BCUT2D eigenvalue weighted by Crippen LogP contribution is -2.11. The van der Waals surface area contributed by atoms with Crippen LogP contribution in [0.3, 0.4) is 0 Å². The molecule has 2 nitrogen and oxygen atoms in total. The summed E-state index contributed by atoms with van der Waals surface area (Å²) in [5.41, 5.74) is 5.27. The monoisotopic (exact) mass is 333 g/mol. The van der Waals surface area contributed by atoms with Crippen molar-refractivity contribution in [1.29, 1.82) is 0 Å². The van der Waals surface area contributed by atoms with Gasteiger partial charge >= 0.3 is 0 Å². The van der Waals surface area contributed by atoms with Crippen LogP contribution >= 0.6 is 15.9 Å². The molecule has 2 N–H and O–H groups in total. The molecule has 0 aromatic heterocycles. The molecule has 0 saturated carbocycles. The van der Waals surface area contributed by atoms with Gasteiger partial charge in [-0.25, -0.2) is 8.78 Å². The van der Waals surface area contributed by atoms with Gasteiger partial charge in [-0.15, -0.1) is 0 Å². The molecule has 0 radical (unpaired) electrons. The summed E-state index contributed by atoms with van der Waals surface area (Å²) in [6.45, 7) is 2.60. The Balaban J connectivity index is 2.60. The van der Waals surface area contributed by atoms with Crippen LogP contribution in [-0.4, -0.2) is 12.3 Å². The third-order valence-corrected chi connectivity index (χ3v) is 3.70. The first-order chi connectivity index (χ1) is 8.95. The van der Waals surface area contributed by atoms with Crippen molar-refractivity contribution in [3.8, 4) is 0 Å². The molecule has 1 aromatic carbocycles. The largest absolute Gasteiger partial charge is 0.330 e. The van der Waals surface area contributed by atoms with E-state index in [1.807, 2.05) is 6.92 Å². The predicted octanol–water partition coefficient (Wildman–Crippen LogP) is 3.60. The van der Waals surface area contributed by atoms with E-state index in [1.165, 1.54) is 6.07 Å². The standard InChI is InChI=1S/C14H18BrF2NO/c1-9(6-7-18)2-3-10(19)8-11-13(16)5-4-12(15)14(11)17/h4-5,9H,2-3,6-8,18H2,1H3. The number of carbonyl (C=O) groups is 1. The Morgan fingerprint density at radius 2 is 2.05 bits per heavy atom. The molecule has 1 atom stereocenters. The van der Waals surface area contributed by atoms with Gasteiger partial charge in [0.2, 0.25) is 0 Å². The molecule has 0 amide bonds. The van der Waals surface area contributed by atoms with Crippen molar-refractivity contribution in [2.24, 2.45) is 11.7 Å². The molecule has 5 heteroatoms. The third-order valence-electron chi connectivity index (χ3n) is 3.09. The topological polar surface area (TPSA) is 43.1 Å². The fraction of sp³-hybridized carbons (Fsp3) is 0.500. The van der Waals surface area contributed by atoms with Crippen molar-refractivity contribution in [3.05, 3.63) is 33.8 Å². The van der Waals surface area contributed by atoms with Gasteiger partial charge in [-0.1, -0.05) is 6.92 Å². The fourth-order valence-corrected chi connectivity index (χ4v) is 2.22.